The van der Waals surface area contributed by atoms with Gasteiger partial charge in [0.05, 0.1) is 23.8 Å². The molecule has 1 aromatic carbocycles. The van der Waals surface area contributed by atoms with E-state index < -0.39 is 9.84 Å². The van der Waals surface area contributed by atoms with Gasteiger partial charge in [-0.2, -0.15) is 5.10 Å². The molecule has 1 atom stereocenters. The number of nitrogens with zero attached hydrogens (tertiary/aromatic N) is 3. The van der Waals surface area contributed by atoms with E-state index in [0.29, 0.717) is 25.3 Å². The normalized spacial score (nSPS) is 19.9. The van der Waals surface area contributed by atoms with Crippen molar-refractivity contribution in [1.82, 2.24) is 14.8 Å². The second kappa shape index (κ2) is 7.25. The second-order valence-electron chi connectivity index (χ2n) is 6.71. The summed E-state index contributed by atoms with van der Waals surface area (Å²) in [7, 11) is -1.36. The molecule has 1 aromatic heterocycles. The van der Waals surface area contributed by atoms with Crippen LogP contribution in [0.15, 0.2) is 18.2 Å². The lowest BCUT2D eigenvalue weighted by Crippen LogP contribution is -2.26. The molecular formula is C18H25N3O3S. The minimum atomic E-state index is -3.01. The van der Waals surface area contributed by atoms with E-state index in [1.165, 1.54) is 5.56 Å². The Balaban J connectivity index is 2.06. The first-order valence-corrected chi connectivity index (χ1v) is 10.4. The Morgan fingerprint density at radius 1 is 1.32 bits per heavy atom. The van der Waals surface area contributed by atoms with Crippen molar-refractivity contribution in [1.29, 1.82) is 0 Å². The van der Waals surface area contributed by atoms with Crippen LogP contribution < -0.4 is 0 Å². The molecule has 6 nitrogen and oxygen atoms in total. The van der Waals surface area contributed by atoms with Crippen LogP contribution in [0.4, 0.5) is 0 Å². The summed E-state index contributed by atoms with van der Waals surface area (Å²) in [5, 5.41) is 4.67. The minimum Gasteiger partial charge on any atom is -0.384 e. The van der Waals surface area contributed by atoms with E-state index in [2.05, 4.69) is 25.0 Å². The van der Waals surface area contributed by atoms with E-state index in [1.54, 1.807) is 7.11 Å². The molecule has 0 bridgehead atoms. The van der Waals surface area contributed by atoms with Crippen molar-refractivity contribution in [2.45, 2.75) is 39.0 Å². The Kier molecular flexibility index (Phi) is 5.24. The van der Waals surface area contributed by atoms with Gasteiger partial charge in [0.1, 0.15) is 5.82 Å². The average Bonchev–Trinajstić information content (AvgIpc) is 2.98. The van der Waals surface area contributed by atoms with E-state index in [0.717, 1.165) is 23.5 Å². The molecule has 1 aliphatic rings. The third-order valence-corrected chi connectivity index (χ3v) is 6.66. The van der Waals surface area contributed by atoms with Gasteiger partial charge < -0.3 is 4.74 Å². The fourth-order valence-electron chi connectivity index (χ4n) is 3.30. The number of aryl methyl sites for hydroxylation is 1. The van der Waals surface area contributed by atoms with Gasteiger partial charge in [-0.15, -0.1) is 0 Å². The fourth-order valence-corrected chi connectivity index (χ4v) is 5.00. The van der Waals surface area contributed by atoms with Gasteiger partial charge in [0.2, 0.25) is 0 Å². The topological polar surface area (TPSA) is 74.1 Å². The number of rotatable bonds is 5. The van der Waals surface area contributed by atoms with Crippen molar-refractivity contribution >= 4 is 9.84 Å². The van der Waals surface area contributed by atoms with Crippen molar-refractivity contribution < 1.29 is 13.2 Å². The molecule has 1 aliphatic heterocycles. The fraction of sp³-hybridized carbons (Fsp3) is 0.556. The van der Waals surface area contributed by atoms with Crippen LogP contribution in [0.25, 0.3) is 5.69 Å². The van der Waals surface area contributed by atoms with Gasteiger partial charge in [-0.1, -0.05) is 12.1 Å². The number of ether oxygens (including phenoxy) is 1. The molecule has 2 aromatic rings. The highest BCUT2D eigenvalue weighted by Crippen LogP contribution is 2.30. The van der Waals surface area contributed by atoms with Crippen LogP contribution >= 0.6 is 0 Å². The van der Waals surface area contributed by atoms with Gasteiger partial charge in [-0.25, -0.2) is 18.1 Å². The standard InChI is InChI=1S/C18H25N3O3S/c1-13-6-4-8-16(14(13)2)21-18(19-17(20-21)9-10-24-3)15-7-5-11-25(22,23)12-15/h4,6,8,15H,5,7,9-12H2,1-3H3. The third-order valence-electron chi connectivity index (χ3n) is 4.84. The van der Waals surface area contributed by atoms with Gasteiger partial charge in [-0.3, -0.25) is 0 Å². The van der Waals surface area contributed by atoms with Crippen LogP contribution in [0.3, 0.4) is 0 Å². The van der Waals surface area contributed by atoms with Gasteiger partial charge >= 0.3 is 0 Å². The van der Waals surface area contributed by atoms with Crippen LogP contribution in [0, 0.1) is 13.8 Å². The summed E-state index contributed by atoms with van der Waals surface area (Å²) in [6.07, 6.45) is 2.12. The SMILES string of the molecule is COCCc1nc(C2CCCS(=O)(=O)C2)n(-c2cccc(C)c2C)n1. The molecule has 0 amide bonds. The highest BCUT2D eigenvalue weighted by molar-refractivity contribution is 7.91. The van der Waals surface area contributed by atoms with Crippen molar-refractivity contribution in [3.63, 3.8) is 0 Å². The van der Waals surface area contributed by atoms with Crippen molar-refractivity contribution in [3.05, 3.63) is 41.0 Å². The van der Waals surface area contributed by atoms with Gasteiger partial charge in [0.25, 0.3) is 0 Å². The summed E-state index contributed by atoms with van der Waals surface area (Å²) in [6.45, 7) is 4.66. The Bertz CT molecular complexity index is 858. The molecule has 1 fully saturated rings. The molecule has 2 heterocycles. The van der Waals surface area contributed by atoms with Crippen molar-refractivity contribution in [3.8, 4) is 5.69 Å². The molecule has 0 N–H and O–H groups in total. The molecule has 136 valence electrons. The lowest BCUT2D eigenvalue weighted by Gasteiger charge is -2.22. The number of hydrogen-bond acceptors (Lipinski definition) is 5. The van der Waals surface area contributed by atoms with Crippen LogP contribution in [-0.2, 0) is 21.0 Å². The smallest absolute Gasteiger partial charge is 0.153 e. The summed E-state index contributed by atoms with van der Waals surface area (Å²) in [6, 6.07) is 6.07. The molecular weight excluding hydrogens is 338 g/mol. The zero-order valence-corrected chi connectivity index (χ0v) is 15.8. The number of methoxy groups -OCH3 is 1. The Morgan fingerprint density at radius 2 is 2.12 bits per heavy atom. The molecule has 25 heavy (non-hydrogen) atoms. The van der Waals surface area contributed by atoms with Crippen LogP contribution in [0.1, 0.15) is 41.5 Å². The Hall–Kier alpha value is -1.73. The van der Waals surface area contributed by atoms with Crippen molar-refractivity contribution in [2.75, 3.05) is 25.2 Å². The first-order valence-electron chi connectivity index (χ1n) is 8.63. The quantitative estimate of drug-likeness (QED) is 0.815. The monoisotopic (exact) mass is 363 g/mol. The Morgan fingerprint density at radius 3 is 2.84 bits per heavy atom. The largest absolute Gasteiger partial charge is 0.384 e. The lowest BCUT2D eigenvalue weighted by molar-refractivity contribution is 0.200. The van der Waals surface area contributed by atoms with Gasteiger partial charge in [0, 0.05) is 19.4 Å². The average molecular weight is 363 g/mol. The maximum Gasteiger partial charge on any atom is 0.153 e. The van der Waals surface area contributed by atoms with E-state index in [1.807, 2.05) is 16.8 Å². The number of benzene rings is 1. The van der Waals surface area contributed by atoms with E-state index in [9.17, 15) is 8.42 Å². The highest BCUT2D eigenvalue weighted by atomic mass is 32.2. The molecule has 0 saturated carbocycles. The van der Waals surface area contributed by atoms with Gasteiger partial charge in [-0.05, 0) is 43.9 Å². The zero-order valence-electron chi connectivity index (χ0n) is 15.0. The number of hydrogen-bond donors (Lipinski definition) is 0. The van der Waals surface area contributed by atoms with E-state index in [4.69, 9.17) is 9.72 Å². The first kappa shape index (κ1) is 18.1. The lowest BCUT2D eigenvalue weighted by atomic mass is 10.0. The highest BCUT2D eigenvalue weighted by Gasteiger charge is 2.30. The minimum absolute atomic E-state index is 0.109. The summed E-state index contributed by atoms with van der Waals surface area (Å²) in [5.41, 5.74) is 3.27. The second-order valence-corrected chi connectivity index (χ2v) is 8.94. The number of sulfone groups is 1. The molecule has 0 aliphatic carbocycles. The van der Waals surface area contributed by atoms with E-state index >= 15 is 0 Å². The third kappa shape index (κ3) is 3.93. The van der Waals surface area contributed by atoms with Crippen molar-refractivity contribution in [2.24, 2.45) is 0 Å². The predicted octanol–water partition coefficient (Wildman–Crippen LogP) is 2.37. The first-order chi connectivity index (χ1) is 11.9. The molecule has 0 radical (unpaired) electrons. The Labute approximate surface area is 149 Å². The summed E-state index contributed by atoms with van der Waals surface area (Å²) in [4.78, 5) is 4.69. The maximum absolute atomic E-state index is 12.1. The number of aromatic nitrogens is 3. The molecule has 7 heteroatoms. The van der Waals surface area contributed by atoms with Crippen LogP contribution in [0.5, 0.6) is 0 Å². The predicted molar refractivity (Wildman–Crippen MR) is 97.0 cm³/mol. The molecule has 3 rings (SSSR count). The van der Waals surface area contributed by atoms with Crippen LogP contribution in [-0.4, -0.2) is 48.4 Å². The van der Waals surface area contributed by atoms with E-state index in [-0.39, 0.29) is 17.4 Å². The maximum atomic E-state index is 12.1. The zero-order chi connectivity index (χ0) is 18.0. The van der Waals surface area contributed by atoms with Crippen LogP contribution in [0.2, 0.25) is 0 Å². The summed E-state index contributed by atoms with van der Waals surface area (Å²) >= 11 is 0. The summed E-state index contributed by atoms with van der Waals surface area (Å²) in [5.74, 6) is 1.77. The van der Waals surface area contributed by atoms with Gasteiger partial charge in [0.15, 0.2) is 15.7 Å². The summed E-state index contributed by atoms with van der Waals surface area (Å²) < 4.78 is 31.2. The molecule has 1 unspecified atom stereocenters. The molecule has 0 spiro atoms. The molecule has 1 saturated heterocycles.